The largest absolute Gasteiger partial charge is 0.458 e. The average molecular weight is 656 g/mol. The Labute approximate surface area is 231 Å². The second-order valence-electron chi connectivity index (χ2n) is 10.3. The molecule has 2 bridgehead atoms. The third-order valence-corrected chi connectivity index (χ3v) is 10.7. The second kappa shape index (κ2) is 8.56. The molecule has 5 aliphatic carbocycles. The lowest BCUT2D eigenvalue weighted by Crippen LogP contribution is -2.52. The Morgan fingerprint density at radius 2 is 1.79 bits per heavy atom. The molecule has 5 atom stereocenters. The molecule has 7 nitrogen and oxygen atoms in total. The minimum atomic E-state index is -5.80. The highest BCUT2D eigenvalue weighted by Crippen LogP contribution is 2.73. The molecule has 2 aromatic carbocycles. The molecule has 5 aliphatic rings. The fourth-order valence-corrected chi connectivity index (χ4v) is 7.67. The van der Waals surface area contributed by atoms with Crippen molar-refractivity contribution in [1.29, 1.82) is 0 Å². The van der Waals surface area contributed by atoms with Crippen LogP contribution in [0.4, 0.5) is 8.78 Å². The van der Waals surface area contributed by atoms with Crippen molar-refractivity contribution in [3.63, 3.8) is 0 Å². The first-order valence-electron chi connectivity index (χ1n) is 12.2. The van der Waals surface area contributed by atoms with E-state index in [9.17, 15) is 26.8 Å². The lowest BCUT2D eigenvalue weighted by Gasteiger charge is -2.47. The number of ether oxygens (including phenoxy) is 2. The minimum Gasteiger partial charge on any atom is -0.458 e. The van der Waals surface area contributed by atoms with E-state index in [1.807, 2.05) is 43.3 Å². The van der Waals surface area contributed by atoms with Gasteiger partial charge in [-0.1, -0.05) is 42.5 Å². The third kappa shape index (κ3) is 3.46. The Bertz CT molecular complexity index is 1540. The molecule has 200 valence electrons. The van der Waals surface area contributed by atoms with Crippen LogP contribution in [0, 0.1) is 11.8 Å². The van der Waals surface area contributed by atoms with Gasteiger partial charge in [-0.05, 0) is 85.7 Å². The first-order chi connectivity index (χ1) is 17.9. The van der Waals surface area contributed by atoms with Crippen LogP contribution in [-0.2, 0) is 34.6 Å². The molecule has 7 rings (SSSR count). The lowest BCUT2D eigenvalue weighted by molar-refractivity contribution is -0.169. The molecule has 1 spiro atoms. The summed E-state index contributed by atoms with van der Waals surface area (Å²) in [4.78, 5) is 27.5. The monoisotopic (exact) mass is 656 g/mol. The van der Waals surface area contributed by atoms with Crippen molar-refractivity contribution in [3.8, 4) is 0 Å². The van der Waals surface area contributed by atoms with Gasteiger partial charge < -0.3 is 9.47 Å². The molecule has 0 amide bonds. The molecule has 0 aromatic heterocycles. The molecular formula is C27H23F2IO7S. The zero-order chi connectivity index (χ0) is 27.2. The van der Waals surface area contributed by atoms with Crippen LogP contribution in [-0.4, -0.2) is 42.9 Å². The number of fused-ring (bicyclic) bond motifs is 1. The van der Waals surface area contributed by atoms with Gasteiger partial charge in [0.15, 0.2) is 6.61 Å². The van der Waals surface area contributed by atoms with Crippen molar-refractivity contribution in [2.75, 3.05) is 6.61 Å². The minimum absolute atomic E-state index is 0.461. The number of hydrogen-bond donors (Lipinski definition) is 1. The number of alkyl halides is 2. The summed E-state index contributed by atoms with van der Waals surface area (Å²) in [5.74, 6) is -4.73. The van der Waals surface area contributed by atoms with E-state index in [2.05, 4.69) is 22.6 Å². The first kappa shape index (κ1) is 25.9. The van der Waals surface area contributed by atoms with E-state index in [1.165, 1.54) is 0 Å². The molecule has 38 heavy (non-hydrogen) atoms. The summed E-state index contributed by atoms with van der Waals surface area (Å²) in [6.45, 7) is 0.0457. The number of hydrogen-bond acceptors (Lipinski definition) is 6. The zero-order valence-corrected chi connectivity index (χ0v) is 23.1. The number of carbonyl (C=O) groups is 2. The molecule has 1 N–H and O–H groups in total. The van der Waals surface area contributed by atoms with Gasteiger partial charge in [0.1, 0.15) is 6.10 Å². The van der Waals surface area contributed by atoms with Crippen molar-refractivity contribution in [2.24, 2.45) is 11.8 Å². The van der Waals surface area contributed by atoms with Crippen LogP contribution in [0.2, 0.25) is 0 Å². The number of esters is 2. The number of allylic oxidation sites excluding steroid dienone is 1. The maximum absolute atomic E-state index is 14.0. The van der Waals surface area contributed by atoms with E-state index < -0.39 is 63.2 Å². The van der Waals surface area contributed by atoms with Gasteiger partial charge in [0.05, 0.1) is 17.3 Å². The average Bonchev–Trinajstić information content (AvgIpc) is 3.55. The fraction of sp³-hybridized carbons (Fsp3) is 0.407. The second-order valence-corrected chi connectivity index (χ2v) is 13.1. The molecule has 2 aromatic rings. The lowest BCUT2D eigenvalue weighted by atomic mass is 9.55. The van der Waals surface area contributed by atoms with Crippen LogP contribution in [0.15, 0.2) is 51.6 Å². The van der Waals surface area contributed by atoms with Gasteiger partial charge in [-0.25, -0.2) is 0 Å². The summed E-state index contributed by atoms with van der Waals surface area (Å²) >= 11 is 2.24. The fourth-order valence-electron chi connectivity index (χ4n) is 6.73. The molecule has 0 saturated carbocycles. The third-order valence-electron chi connectivity index (χ3n) is 8.41. The van der Waals surface area contributed by atoms with Gasteiger partial charge in [-0.15, -0.1) is 0 Å². The summed E-state index contributed by atoms with van der Waals surface area (Å²) in [5, 5.41) is -4.69. The van der Waals surface area contributed by atoms with Crippen LogP contribution in [0.1, 0.15) is 59.9 Å². The maximum atomic E-state index is 14.0. The van der Waals surface area contributed by atoms with E-state index in [4.69, 9.17) is 14.0 Å². The van der Waals surface area contributed by atoms with Gasteiger partial charge in [-0.2, -0.15) is 17.2 Å². The summed E-state index contributed by atoms with van der Waals surface area (Å²) in [7, 11) is -5.80. The quantitative estimate of drug-likeness (QED) is 0.269. The highest BCUT2D eigenvalue weighted by molar-refractivity contribution is 14.1. The Kier molecular flexibility index (Phi) is 5.83. The first-order valence-corrected chi connectivity index (χ1v) is 14.7. The summed E-state index contributed by atoms with van der Waals surface area (Å²) in [6.07, 6.45) is 1.92. The Morgan fingerprint density at radius 3 is 2.53 bits per heavy atom. The van der Waals surface area contributed by atoms with Crippen molar-refractivity contribution in [2.45, 2.75) is 48.9 Å². The van der Waals surface area contributed by atoms with E-state index >= 15 is 0 Å². The highest BCUT2D eigenvalue weighted by Gasteiger charge is 2.73. The number of benzene rings is 2. The van der Waals surface area contributed by atoms with Crippen molar-refractivity contribution in [1.82, 2.24) is 0 Å². The Balaban J connectivity index is 1.43. The maximum Gasteiger partial charge on any atom is 0.402 e. The van der Waals surface area contributed by atoms with Crippen LogP contribution in [0.25, 0.3) is 0 Å². The summed E-state index contributed by atoms with van der Waals surface area (Å²) < 4.78 is 71.0. The molecular weight excluding hydrogens is 633 g/mol. The van der Waals surface area contributed by atoms with E-state index in [-0.39, 0.29) is 0 Å². The van der Waals surface area contributed by atoms with Gasteiger partial charge in [0, 0.05) is 5.92 Å². The van der Waals surface area contributed by atoms with Crippen molar-refractivity contribution >= 4 is 44.6 Å². The molecule has 11 heteroatoms. The molecule has 0 aliphatic heterocycles. The van der Waals surface area contributed by atoms with Gasteiger partial charge >= 0.3 is 27.3 Å². The van der Waals surface area contributed by atoms with Gasteiger partial charge in [0.2, 0.25) is 0 Å². The van der Waals surface area contributed by atoms with Crippen LogP contribution >= 0.6 is 22.6 Å². The smallest absolute Gasteiger partial charge is 0.402 e. The number of halogens is 3. The van der Waals surface area contributed by atoms with E-state index in [1.54, 1.807) is 6.07 Å². The number of rotatable bonds is 6. The predicted molar refractivity (Wildman–Crippen MR) is 139 cm³/mol. The molecule has 0 radical (unpaired) electrons. The predicted octanol–water partition coefficient (Wildman–Crippen LogP) is 4.85. The van der Waals surface area contributed by atoms with Crippen LogP contribution < -0.4 is 0 Å². The van der Waals surface area contributed by atoms with Crippen molar-refractivity contribution in [3.05, 3.63) is 79.4 Å². The standard InChI is InChI=1S/C27H23F2IO7S/c1-13-18(30)10-5-11-19(13)37-25(32)23-21(24(31)36-12-26(28,29)38(33,34)35)20-14-6-2-3-8-16(14)27(23)17-9-4-7-15(20)22(17)27/h2-4,6-9,19-21,23H,5,10-12H2,1H3,(H,33,34,35). The Morgan fingerprint density at radius 1 is 1.11 bits per heavy atom. The van der Waals surface area contributed by atoms with E-state index in [0.717, 1.165) is 49.8 Å². The molecule has 5 unspecified atom stereocenters. The molecule has 0 fully saturated rings. The summed E-state index contributed by atoms with van der Waals surface area (Å²) in [6, 6.07) is 13.0. The van der Waals surface area contributed by atoms with Gasteiger partial charge in [0.25, 0.3) is 0 Å². The normalized spacial score (nSPS) is 28.9. The number of carbonyl (C=O) groups excluding carboxylic acids is 2. The summed E-state index contributed by atoms with van der Waals surface area (Å²) in [5.41, 5.74) is 4.31. The molecule has 0 saturated heterocycles. The zero-order valence-electron chi connectivity index (χ0n) is 20.1. The SMILES string of the molecule is CC1=C(I)CCCC1OC(=O)C1C(C(=O)OCC(F)(F)S(=O)(=O)O)C2c3ccccc3C13c1cccc2c13. The highest BCUT2D eigenvalue weighted by atomic mass is 127. The van der Waals surface area contributed by atoms with Crippen LogP contribution in [0.3, 0.4) is 0 Å². The van der Waals surface area contributed by atoms with E-state index in [0.29, 0.717) is 6.42 Å². The van der Waals surface area contributed by atoms with Crippen LogP contribution in [0.5, 0.6) is 0 Å². The Hall–Kier alpha value is -2.38. The van der Waals surface area contributed by atoms with Crippen molar-refractivity contribution < 1.29 is 40.8 Å². The topological polar surface area (TPSA) is 107 Å². The van der Waals surface area contributed by atoms with Gasteiger partial charge in [-0.3, -0.25) is 14.1 Å². The molecule has 0 heterocycles.